The van der Waals surface area contributed by atoms with Crippen LogP contribution in [0, 0.1) is 0 Å². The molecule has 1 aliphatic rings. The van der Waals surface area contributed by atoms with Crippen molar-refractivity contribution in [2.24, 2.45) is 0 Å². The van der Waals surface area contributed by atoms with Crippen LogP contribution in [-0.2, 0) is 4.79 Å². The lowest BCUT2D eigenvalue weighted by molar-refractivity contribution is -0.118. The summed E-state index contributed by atoms with van der Waals surface area (Å²) in [5.74, 6) is -0.0657. The summed E-state index contributed by atoms with van der Waals surface area (Å²) in [6, 6.07) is 0. The molecule has 1 aliphatic heterocycles. The number of aliphatic hydroxyl groups is 1. The van der Waals surface area contributed by atoms with E-state index in [1.54, 1.807) is 6.20 Å². The molecule has 0 spiro atoms. The average molecular weight is 241 g/mol. The average Bonchev–Trinajstić information content (AvgIpc) is 2.70. The fourth-order valence-electron chi connectivity index (χ4n) is 1.82. The van der Waals surface area contributed by atoms with Gasteiger partial charge in [0.25, 0.3) is 0 Å². The number of anilines is 1. The summed E-state index contributed by atoms with van der Waals surface area (Å²) < 4.78 is 0. The molecule has 1 fully saturated rings. The highest BCUT2D eigenvalue weighted by atomic mass is 32.1. The number of likely N-dealkylation sites (tertiary alicyclic amines) is 1. The van der Waals surface area contributed by atoms with Crippen LogP contribution in [0.2, 0.25) is 0 Å². The first-order chi connectivity index (χ1) is 7.74. The topological polar surface area (TPSA) is 65.5 Å². The van der Waals surface area contributed by atoms with Crippen LogP contribution in [0.5, 0.6) is 0 Å². The van der Waals surface area contributed by atoms with Crippen LogP contribution in [0.4, 0.5) is 5.13 Å². The van der Waals surface area contributed by atoms with Gasteiger partial charge >= 0.3 is 0 Å². The Bertz CT molecular complexity index is 342. The summed E-state index contributed by atoms with van der Waals surface area (Å²) in [5, 5.41) is 14.6. The number of carbonyl (C=O) groups excluding carboxylic acids is 1. The van der Waals surface area contributed by atoms with E-state index in [2.05, 4.69) is 10.3 Å². The normalized spacial score (nSPS) is 21.9. The second kappa shape index (κ2) is 5.38. The number of rotatable bonds is 3. The van der Waals surface area contributed by atoms with Crippen LogP contribution in [0.15, 0.2) is 11.6 Å². The van der Waals surface area contributed by atoms with Gasteiger partial charge < -0.3 is 10.4 Å². The molecule has 5 nitrogen and oxygen atoms in total. The van der Waals surface area contributed by atoms with Gasteiger partial charge in [0.05, 0.1) is 12.6 Å². The summed E-state index contributed by atoms with van der Waals surface area (Å²) in [6.07, 6.45) is 3.16. The predicted molar refractivity (Wildman–Crippen MR) is 62.4 cm³/mol. The van der Waals surface area contributed by atoms with Crippen molar-refractivity contribution in [1.82, 2.24) is 9.88 Å². The molecule has 0 aliphatic carbocycles. The molecule has 1 aromatic rings. The van der Waals surface area contributed by atoms with Crippen molar-refractivity contribution >= 4 is 22.4 Å². The van der Waals surface area contributed by atoms with E-state index in [9.17, 15) is 9.90 Å². The van der Waals surface area contributed by atoms with Crippen molar-refractivity contribution in [3.63, 3.8) is 0 Å². The fourth-order valence-corrected chi connectivity index (χ4v) is 2.37. The Labute approximate surface area is 98.1 Å². The number of piperidine rings is 1. The Hall–Kier alpha value is -0.980. The predicted octanol–water partition coefficient (Wildman–Crippen LogP) is 0.538. The molecule has 88 valence electrons. The summed E-state index contributed by atoms with van der Waals surface area (Å²) in [7, 11) is 0. The van der Waals surface area contributed by atoms with Gasteiger partial charge in [0.1, 0.15) is 0 Å². The Kier molecular flexibility index (Phi) is 3.87. The third kappa shape index (κ3) is 3.26. The van der Waals surface area contributed by atoms with Gasteiger partial charge in [0.15, 0.2) is 5.13 Å². The van der Waals surface area contributed by atoms with Gasteiger partial charge in [-0.05, 0) is 19.4 Å². The largest absolute Gasteiger partial charge is 0.392 e. The van der Waals surface area contributed by atoms with Gasteiger partial charge in [-0.3, -0.25) is 9.69 Å². The van der Waals surface area contributed by atoms with Gasteiger partial charge in [0, 0.05) is 18.1 Å². The second-order valence-electron chi connectivity index (χ2n) is 3.92. The molecule has 1 atom stereocenters. The molecule has 2 N–H and O–H groups in total. The van der Waals surface area contributed by atoms with Crippen LogP contribution in [0.3, 0.4) is 0 Å². The van der Waals surface area contributed by atoms with Crippen molar-refractivity contribution in [1.29, 1.82) is 0 Å². The number of hydrogen-bond donors (Lipinski definition) is 2. The minimum absolute atomic E-state index is 0.0657. The summed E-state index contributed by atoms with van der Waals surface area (Å²) in [4.78, 5) is 17.6. The summed E-state index contributed by atoms with van der Waals surface area (Å²) in [6.45, 7) is 1.80. The maximum atomic E-state index is 11.6. The molecule has 1 aromatic heterocycles. The van der Waals surface area contributed by atoms with Crippen LogP contribution in [0.1, 0.15) is 12.8 Å². The molecule has 0 saturated carbocycles. The Morgan fingerprint density at radius 1 is 1.75 bits per heavy atom. The van der Waals surface area contributed by atoms with Crippen molar-refractivity contribution in [3.8, 4) is 0 Å². The Morgan fingerprint density at radius 3 is 3.31 bits per heavy atom. The molecular weight excluding hydrogens is 226 g/mol. The zero-order chi connectivity index (χ0) is 11.4. The van der Waals surface area contributed by atoms with E-state index in [0.29, 0.717) is 18.2 Å². The summed E-state index contributed by atoms with van der Waals surface area (Å²) in [5.41, 5.74) is 0. The lowest BCUT2D eigenvalue weighted by atomic mass is 10.1. The first kappa shape index (κ1) is 11.5. The minimum Gasteiger partial charge on any atom is -0.392 e. The number of nitrogens with zero attached hydrogens (tertiary/aromatic N) is 2. The molecule has 0 aromatic carbocycles. The number of thiazole rings is 1. The zero-order valence-corrected chi connectivity index (χ0v) is 9.74. The number of β-amino-alcohol motifs (C(OH)–C–C–N with tert-alkyl or cyclic N) is 1. The highest BCUT2D eigenvalue weighted by Crippen LogP contribution is 2.12. The Balaban J connectivity index is 1.78. The monoisotopic (exact) mass is 241 g/mol. The molecule has 2 rings (SSSR count). The second-order valence-corrected chi connectivity index (χ2v) is 4.81. The van der Waals surface area contributed by atoms with Gasteiger partial charge in [-0.1, -0.05) is 0 Å². The minimum atomic E-state index is -0.290. The van der Waals surface area contributed by atoms with Crippen molar-refractivity contribution < 1.29 is 9.90 Å². The number of aromatic nitrogens is 1. The molecule has 0 radical (unpaired) electrons. The fraction of sp³-hybridized carbons (Fsp3) is 0.600. The maximum Gasteiger partial charge on any atom is 0.240 e. The molecule has 16 heavy (non-hydrogen) atoms. The van der Waals surface area contributed by atoms with E-state index in [1.807, 2.05) is 10.3 Å². The summed E-state index contributed by atoms with van der Waals surface area (Å²) >= 11 is 1.40. The standard InChI is InChI=1S/C10H15N3O2S/c14-8-2-1-4-13(6-8)7-9(15)12-10-11-3-5-16-10/h3,5,8,14H,1-2,4,6-7H2,(H,11,12,15)/t8-/m0/s1. The number of nitrogens with one attached hydrogen (secondary N) is 1. The number of aliphatic hydroxyl groups excluding tert-OH is 1. The van der Waals surface area contributed by atoms with E-state index in [4.69, 9.17) is 0 Å². The van der Waals surface area contributed by atoms with Crippen LogP contribution in [0.25, 0.3) is 0 Å². The number of hydrogen-bond acceptors (Lipinski definition) is 5. The van der Waals surface area contributed by atoms with Crippen LogP contribution < -0.4 is 5.32 Å². The molecule has 1 amide bonds. The molecule has 6 heteroatoms. The highest BCUT2D eigenvalue weighted by molar-refractivity contribution is 7.13. The zero-order valence-electron chi connectivity index (χ0n) is 8.93. The van der Waals surface area contributed by atoms with Gasteiger partial charge in [-0.25, -0.2) is 4.98 Å². The van der Waals surface area contributed by atoms with E-state index >= 15 is 0 Å². The highest BCUT2D eigenvalue weighted by Gasteiger charge is 2.19. The van der Waals surface area contributed by atoms with Crippen molar-refractivity contribution in [3.05, 3.63) is 11.6 Å². The SMILES string of the molecule is O=C(CN1CCC[C@H](O)C1)Nc1nccs1. The number of amides is 1. The van der Waals surface area contributed by atoms with E-state index in [1.165, 1.54) is 11.3 Å². The van der Waals surface area contributed by atoms with Gasteiger partial charge in [-0.15, -0.1) is 11.3 Å². The molecule has 1 saturated heterocycles. The maximum absolute atomic E-state index is 11.6. The first-order valence-corrected chi connectivity index (χ1v) is 6.22. The van der Waals surface area contributed by atoms with E-state index in [-0.39, 0.29) is 12.0 Å². The molecule has 0 unspecified atom stereocenters. The Morgan fingerprint density at radius 2 is 2.62 bits per heavy atom. The van der Waals surface area contributed by atoms with E-state index in [0.717, 1.165) is 19.4 Å². The first-order valence-electron chi connectivity index (χ1n) is 5.34. The smallest absolute Gasteiger partial charge is 0.240 e. The number of carbonyl (C=O) groups is 1. The third-order valence-corrected chi connectivity index (χ3v) is 3.22. The quantitative estimate of drug-likeness (QED) is 0.810. The van der Waals surface area contributed by atoms with Crippen LogP contribution >= 0.6 is 11.3 Å². The van der Waals surface area contributed by atoms with Crippen LogP contribution in [-0.4, -0.2) is 46.6 Å². The van der Waals surface area contributed by atoms with Crippen molar-refractivity contribution in [2.45, 2.75) is 18.9 Å². The molecular formula is C10H15N3O2S. The molecule has 2 heterocycles. The van der Waals surface area contributed by atoms with E-state index < -0.39 is 0 Å². The third-order valence-electron chi connectivity index (χ3n) is 2.53. The molecule has 0 bridgehead atoms. The lowest BCUT2D eigenvalue weighted by Gasteiger charge is -2.29. The lowest BCUT2D eigenvalue weighted by Crippen LogP contribution is -2.42. The van der Waals surface area contributed by atoms with Gasteiger partial charge in [-0.2, -0.15) is 0 Å². The van der Waals surface area contributed by atoms with Gasteiger partial charge in [0.2, 0.25) is 5.91 Å². The van der Waals surface area contributed by atoms with Crippen molar-refractivity contribution in [2.75, 3.05) is 25.0 Å².